The van der Waals surface area contributed by atoms with Crippen LogP contribution in [0.1, 0.15) is 26.5 Å². The lowest BCUT2D eigenvalue weighted by atomic mass is 10.1. The molecule has 1 aromatic carbocycles. The molecule has 2 aromatic rings. The third-order valence-corrected chi connectivity index (χ3v) is 3.40. The maximum absolute atomic E-state index is 12.4. The minimum atomic E-state index is -0.755. The molecule has 0 radical (unpaired) electrons. The molecule has 23 heavy (non-hydrogen) atoms. The van der Waals surface area contributed by atoms with Gasteiger partial charge in [-0.05, 0) is 19.1 Å². The molecule has 4 N–H and O–H groups in total. The molecule has 9 heteroatoms. The molecule has 0 bridgehead atoms. The minimum absolute atomic E-state index is 0.0533. The number of nitrogens with one attached hydrogen (secondary N) is 2. The molecule has 0 unspecified atom stereocenters. The van der Waals surface area contributed by atoms with E-state index in [1.165, 1.54) is 26.4 Å². The van der Waals surface area contributed by atoms with E-state index < -0.39 is 11.8 Å². The van der Waals surface area contributed by atoms with Crippen LogP contribution >= 0.6 is 11.6 Å². The second-order valence-electron chi connectivity index (χ2n) is 4.58. The van der Waals surface area contributed by atoms with E-state index in [2.05, 4.69) is 15.5 Å². The molecule has 0 spiro atoms. The van der Waals surface area contributed by atoms with Gasteiger partial charge in [-0.2, -0.15) is 5.10 Å². The molecule has 2 rings (SSSR count). The van der Waals surface area contributed by atoms with Gasteiger partial charge >= 0.3 is 0 Å². The summed E-state index contributed by atoms with van der Waals surface area (Å²) >= 11 is 6.07. The molecule has 122 valence electrons. The molecular weight excluding hydrogens is 324 g/mol. The summed E-state index contributed by atoms with van der Waals surface area (Å²) in [6.07, 6.45) is 0. The number of rotatable bonds is 5. The standard InChI is InChI=1S/C14H15ClN4O4/c1-6-10(11(13(16)20)19-18-6)17-14(21)7-4-8(15)12(23-3)9(5-7)22-2/h4-5H,1-3H3,(H2,16,20)(H,17,21)(H,18,19). The highest BCUT2D eigenvalue weighted by atomic mass is 35.5. The Labute approximate surface area is 136 Å². The number of nitrogens with zero attached hydrogens (tertiary/aromatic N) is 1. The summed E-state index contributed by atoms with van der Waals surface area (Å²) in [6, 6.07) is 2.90. The van der Waals surface area contributed by atoms with Gasteiger partial charge in [0.25, 0.3) is 11.8 Å². The summed E-state index contributed by atoms with van der Waals surface area (Å²) in [7, 11) is 2.87. The van der Waals surface area contributed by atoms with Crippen molar-refractivity contribution >= 4 is 29.1 Å². The summed E-state index contributed by atoms with van der Waals surface area (Å²) in [5.41, 5.74) is 6.11. The maximum Gasteiger partial charge on any atom is 0.271 e. The van der Waals surface area contributed by atoms with E-state index in [0.717, 1.165) is 0 Å². The van der Waals surface area contributed by atoms with Crippen LogP contribution in [0.25, 0.3) is 0 Å². The van der Waals surface area contributed by atoms with Gasteiger partial charge in [0.05, 0.1) is 30.6 Å². The molecule has 1 heterocycles. The predicted octanol–water partition coefficient (Wildman–Crippen LogP) is 1.74. The second-order valence-corrected chi connectivity index (χ2v) is 4.99. The average molecular weight is 339 g/mol. The van der Waals surface area contributed by atoms with Crippen LogP contribution in [0.2, 0.25) is 5.02 Å². The molecule has 8 nitrogen and oxygen atoms in total. The van der Waals surface area contributed by atoms with Crippen molar-refractivity contribution in [3.63, 3.8) is 0 Å². The van der Waals surface area contributed by atoms with Gasteiger partial charge in [0, 0.05) is 5.56 Å². The van der Waals surface area contributed by atoms with Gasteiger partial charge in [-0.1, -0.05) is 11.6 Å². The molecule has 2 amide bonds. The summed E-state index contributed by atoms with van der Waals surface area (Å²) in [4.78, 5) is 23.7. The van der Waals surface area contributed by atoms with Gasteiger partial charge in [-0.15, -0.1) is 0 Å². The second kappa shape index (κ2) is 6.57. The van der Waals surface area contributed by atoms with E-state index in [-0.39, 0.29) is 22.0 Å². The van der Waals surface area contributed by atoms with Gasteiger partial charge in [-0.3, -0.25) is 14.7 Å². The molecule has 0 aliphatic heterocycles. The van der Waals surface area contributed by atoms with Crippen molar-refractivity contribution in [2.45, 2.75) is 6.92 Å². The maximum atomic E-state index is 12.4. The van der Waals surface area contributed by atoms with Gasteiger partial charge in [0.2, 0.25) is 0 Å². The van der Waals surface area contributed by atoms with Crippen molar-refractivity contribution in [2.75, 3.05) is 19.5 Å². The lowest BCUT2D eigenvalue weighted by Crippen LogP contribution is -2.18. The number of carbonyl (C=O) groups excluding carboxylic acids is 2. The molecular formula is C14H15ClN4O4. The Morgan fingerprint density at radius 1 is 1.30 bits per heavy atom. The number of halogens is 1. The average Bonchev–Trinajstić information content (AvgIpc) is 2.87. The van der Waals surface area contributed by atoms with Crippen molar-refractivity contribution in [3.8, 4) is 11.5 Å². The van der Waals surface area contributed by atoms with Crippen LogP contribution in [-0.4, -0.2) is 36.2 Å². The van der Waals surface area contributed by atoms with Crippen LogP contribution in [-0.2, 0) is 0 Å². The first-order valence-corrected chi connectivity index (χ1v) is 6.84. The molecule has 0 aliphatic carbocycles. The number of methoxy groups -OCH3 is 2. The Morgan fingerprint density at radius 3 is 2.57 bits per heavy atom. The monoisotopic (exact) mass is 338 g/mol. The number of aromatic nitrogens is 2. The zero-order chi connectivity index (χ0) is 17.1. The number of ether oxygens (including phenoxy) is 2. The lowest BCUT2D eigenvalue weighted by molar-refractivity contribution is 0.0996. The molecule has 1 aromatic heterocycles. The number of nitrogens with two attached hydrogens (primary N) is 1. The first kappa shape index (κ1) is 16.6. The molecule has 0 aliphatic rings. The zero-order valence-electron chi connectivity index (χ0n) is 12.7. The van der Waals surface area contributed by atoms with Crippen molar-refractivity contribution < 1.29 is 19.1 Å². The van der Waals surface area contributed by atoms with Crippen LogP contribution in [0.4, 0.5) is 5.69 Å². The smallest absolute Gasteiger partial charge is 0.271 e. The first-order chi connectivity index (χ1) is 10.9. The highest BCUT2D eigenvalue weighted by Crippen LogP contribution is 2.36. The first-order valence-electron chi connectivity index (χ1n) is 6.46. The Hall–Kier alpha value is -2.74. The summed E-state index contributed by atoms with van der Waals surface area (Å²) in [6.45, 7) is 1.65. The lowest BCUT2D eigenvalue weighted by Gasteiger charge is -2.12. The summed E-state index contributed by atoms with van der Waals surface area (Å²) in [5.74, 6) is -0.623. The van der Waals surface area contributed by atoms with Gasteiger partial charge < -0.3 is 20.5 Å². The molecule has 0 saturated heterocycles. The quantitative estimate of drug-likeness (QED) is 0.767. The SMILES string of the molecule is COc1cc(C(=O)Nc2c(C(N)=O)n[nH]c2C)cc(Cl)c1OC. The fraction of sp³-hybridized carbons (Fsp3) is 0.214. The fourth-order valence-corrected chi connectivity index (χ4v) is 2.28. The van der Waals surface area contributed by atoms with Gasteiger partial charge in [-0.25, -0.2) is 0 Å². The number of amides is 2. The van der Waals surface area contributed by atoms with Crippen molar-refractivity contribution in [2.24, 2.45) is 5.73 Å². The van der Waals surface area contributed by atoms with Gasteiger partial charge in [0.15, 0.2) is 17.2 Å². The number of aryl methyl sites for hydroxylation is 1. The number of hydrogen-bond donors (Lipinski definition) is 3. The largest absolute Gasteiger partial charge is 0.493 e. The van der Waals surface area contributed by atoms with E-state index >= 15 is 0 Å². The number of hydrogen-bond acceptors (Lipinski definition) is 5. The van der Waals surface area contributed by atoms with Crippen LogP contribution in [0, 0.1) is 6.92 Å². The van der Waals surface area contributed by atoms with E-state index in [9.17, 15) is 9.59 Å². The number of benzene rings is 1. The molecule has 0 saturated carbocycles. The Bertz CT molecular complexity index is 772. The van der Waals surface area contributed by atoms with E-state index in [1.807, 2.05) is 0 Å². The van der Waals surface area contributed by atoms with Gasteiger partial charge in [0.1, 0.15) is 0 Å². The van der Waals surface area contributed by atoms with Crippen molar-refractivity contribution in [3.05, 3.63) is 34.1 Å². The number of anilines is 1. The Balaban J connectivity index is 2.37. The van der Waals surface area contributed by atoms with Crippen molar-refractivity contribution in [1.82, 2.24) is 10.2 Å². The Kier molecular flexibility index (Phi) is 4.75. The zero-order valence-corrected chi connectivity index (χ0v) is 13.4. The molecule has 0 atom stereocenters. The van der Waals surface area contributed by atoms with Crippen LogP contribution in [0.3, 0.4) is 0 Å². The predicted molar refractivity (Wildman–Crippen MR) is 84.4 cm³/mol. The van der Waals surface area contributed by atoms with Crippen LogP contribution < -0.4 is 20.5 Å². The van der Waals surface area contributed by atoms with Crippen LogP contribution in [0.5, 0.6) is 11.5 Å². The number of primary amides is 1. The third-order valence-electron chi connectivity index (χ3n) is 3.11. The number of H-pyrrole nitrogens is 1. The highest BCUT2D eigenvalue weighted by Gasteiger charge is 2.20. The van der Waals surface area contributed by atoms with E-state index in [0.29, 0.717) is 17.2 Å². The van der Waals surface area contributed by atoms with Crippen molar-refractivity contribution in [1.29, 1.82) is 0 Å². The Morgan fingerprint density at radius 2 is 2.00 bits per heavy atom. The number of carbonyl (C=O) groups is 2. The normalized spacial score (nSPS) is 10.3. The molecule has 0 fully saturated rings. The van der Waals surface area contributed by atoms with Crippen LogP contribution in [0.15, 0.2) is 12.1 Å². The fourth-order valence-electron chi connectivity index (χ4n) is 2.00. The third kappa shape index (κ3) is 3.21. The highest BCUT2D eigenvalue weighted by molar-refractivity contribution is 6.32. The summed E-state index contributed by atoms with van der Waals surface area (Å²) < 4.78 is 10.3. The minimum Gasteiger partial charge on any atom is -0.493 e. The number of aromatic amines is 1. The summed E-state index contributed by atoms with van der Waals surface area (Å²) in [5, 5.41) is 9.15. The van der Waals surface area contributed by atoms with E-state index in [4.69, 9.17) is 26.8 Å². The topological polar surface area (TPSA) is 119 Å². The van der Waals surface area contributed by atoms with E-state index in [1.54, 1.807) is 6.92 Å².